The van der Waals surface area contributed by atoms with E-state index in [1.165, 1.54) is 12.1 Å². The van der Waals surface area contributed by atoms with Gasteiger partial charge in [-0.05, 0) is 12.1 Å². The van der Waals surface area contributed by atoms with Gasteiger partial charge in [-0.1, -0.05) is 5.22 Å². The molecule has 0 aromatic heterocycles. The van der Waals surface area contributed by atoms with Crippen LogP contribution < -0.4 is 9.47 Å². The Morgan fingerprint density at radius 3 is 2.72 bits per heavy atom. The van der Waals surface area contributed by atoms with Crippen LogP contribution in [0.1, 0.15) is 0 Å². The summed E-state index contributed by atoms with van der Waals surface area (Å²) in [6, 6.07) is 5.17. The smallest absolute Gasteiger partial charge is 0.294 e. The molecule has 1 aromatic carbocycles. The Labute approximate surface area is 105 Å². The second kappa shape index (κ2) is 7.10. The van der Waals surface area contributed by atoms with E-state index in [9.17, 15) is 4.79 Å². The Morgan fingerprint density at radius 1 is 1.33 bits per heavy atom. The van der Waals surface area contributed by atoms with E-state index < -0.39 is 0 Å². The van der Waals surface area contributed by atoms with Gasteiger partial charge in [0.2, 0.25) is 0 Å². The summed E-state index contributed by atoms with van der Waals surface area (Å²) in [5, 5.41) is 9.20. The zero-order chi connectivity index (χ0) is 13.4. The Balaban J connectivity index is 2.76. The van der Waals surface area contributed by atoms with E-state index in [1.807, 2.05) is 0 Å². The van der Waals surface area contributed by atoms with Gasteiger partial charge in [0.05, 0.1) is 14.2 Å². The van der Waals surface area contributed by atoms with Crippen LogP contribution in [0, 0.1) is 0 Å². The highest BCUT2D eigenvalue weighted by Crippen LogP contribution is 2.31. The van der Waals surface area contributed by atoms with E-state index in [4.69, 9.17) is 9.47 Å². The van der Waals surface area contributed by atoms with E-state index in [0.29, 0.717) is 23.7 Å². The summed E-state index contributed by atoms with van der Waals surface area (Å²) < 4.78 is 14.7. The third kappa shape index (κ3) is 3.93. The topological polar surface area (TPSA) is 72.7 Å². The number of nitrogens with zero attached hydrogens (tertiary/aromatic N) is 3. The second-order valence-corrected chi connectivity index (χ2v) is 3.28. The molecule has 0 unspecified atom stereocenters. The lowest BCUT2D eigenvalue weighted by Gasteiger charge is -2.10. The number of carbonyl (C=O) groups is 1. The lowest BCUT2D eigenvalue weighted by atomic mass is 10.3. The van der Waals surface area contributed by atoms with E-state index in [-0.39, 0.29) is 6.73 Å². The molecule has 0 aliphatic carbocycles. The van der Waals surface area contributed by atoms with Gasteiger partial charge >= 0.3 is 0 Å². The average molecular weight is 253 g/mol. The van der Waals surface area contributed by atoms with Crippen molar-refractivity contribution in [3.05, 3.63) is 18.2 Å². The fourth-order valence-corrected chi connectivity index (χ4v) is 1.16. The maximum Gasteiger partial charge on any atom is 0.294 e. The fourth-order valence-electron chi connectivity index (χ4n) is 1.16. The highest BCUT2D eigenvalue weighted by Gasteiger charge is 2.04. The summed E-state index contributed by atoms with van der Waals surface area (Å²) in [6.45, 7) is 0.380. The molecule has 1 rings (SSSR count). The van der Waals surface area contributed by atoms with Gasteiger partial charge in [-0.25, -0.2) is 5.01 Å². The average Bonchev–Trinajstić information content (AvgIpc) is 2.42. The van der Waals surface area contributed by atoms with Crippen molar-refractivity contribution in [1.82, 2.24) is 5.01 Å². The summed E-state index contributed by atoms with van der Waals surface area (Å²) in [5.74, 6) is 1.21. The van der Waals surface area contributed by atoms with Gasteiger partial charge in [-0.15, -0.1) is 5.11 Å². The molecule has 98 valence electrons. The summed E-state index contributed by atoms with van der Waals surface area (Å²) in [6.07, 6.45) is 0. The first kappa shape index (κ1) is 13.8. The molecular formula is C11H15N3O4. The van der Waals surface area contributed by atoms with Gasteiger partial charge in [-0.2, -0.15) is 0 Å². The van der Waals surface area contributed by atoms with E-state index in [2.05, 4.69) is 15.1 Å². The van der Waals surface area contributed by atoms with Crippen LogP contribution in [0.2, 0.25) is 0 Å². The molecule has 18 heavy (non-hydrogen) atoms. The molecule has 0 spiro atoms. The molecule has 0 saturated heterocycles. The fraction of sp³-hybridized carbons (Fsp3) is 0.364. The van der Waals surface area contributed by atoms with Gasteiger partial charge in [0.15, 0.2) is 6.73 Å². The minimum Gasteiger partial charge on any atom is -0.497 e. The van der Waals surface area contributed by atoms with Crippen LogP contribution in [0.4, 0.5) is 5.69 Å². The molecule has 0 radical (unpaired) electrons. The van der Waals surface area contributed by atoms with Gasteiger partial charge in [0.1, 0.15) is 17.2 Å². The number of hydrogen-bond acceptors (Lipinski definition) is 6. The Morgan fingerprint density at radius 2 is 2.11 bits per heavy atom. The van der Waals surface area contributed by atoms with Crippen molar-refractivity contribution in [3.63, 3.8) is 0 Å². The summed E-state index contributed by atoms with van der Waals surface area (Å²) in [7, 11) is 4.73. The first-order valence-electron chi connectivity index (χ1n) is 5.11. The molecule has 0 amide bonds. The third-order valence-corrected chi connectivity index (χ3v) is 2.02. The molecule has 7 heteroatoms. The maximum atomic E-state index is 10.00. The lowest BCUT2D eigenvalue weighted by Crippen LogP contribution is -2.13. The predicted molar refractivity (Wildman–Crippen MR) is 63.8 cm³/mol. The SMILES string of the molecule is COc1ccc(N=NN(C)COC=O)c(OC)c1. The van der Waals surface area contributed by atoms with E-state index in [0.717, 1.165) is 0 Å². The normalized spacial score (nSPS) is 10.2. The monoisotopic (exact) mass is 253 g/mol. The molecule has 0 aliphatic rings. The van der Waals surface area contributed by atoms with Crippen molar-refractivity contribution >= 4 is 12.2 Å². The van der Waals surface area contributed by atoms with Crippen LogP contribution in [0.3, 0.4) is 0 Å². The van der Waals surface area contributed by atoms with Crippen LogP contribution in [-0.2, 0) is 9.53 Å². The second-order valence-electron chi connectivity index (χ2n) is 3.28. The van der Waals surface area contributed by atoms with Crippen molar-refractivity contribution in [3.8, 4) is 11.5 Å². The molecule has 0 heterocycles. The standard InChI is InChI=1S/C11H15N3O4/c1-14(7-18-8-15)13-12-10-5-4-9(16-2)6-11(10)17-3/h4-6,8H,7H2,1-3H3. The lowest BCUT2D eigenvalue weighted by molar-refractivity contribution is -0.132. The van der Waals surface area contributed by atoms with Crippen molar-refractivity contribution < 1.29 is 19.0 Å². The summed E-state index contributed by atoms with van der Waals surface area (Å²) in [4.78, 5) is 10.00. The quantitative estimate of drug-likeness (QED) is 0.320. The molecule has 0 N–H and O–H groups in total. The molecule has 0 atom stereocenters. The van der Waals surface area contributed by atoms with Crippen LogP contribution in [0.15, 0.2) is 28.5 Å². The van der Waals surface area contributed by atoms with Crippen LogP contribution >= 0.6 is 0 Å². The number of benzene rings is 1. The zero-order valence-corrected chi connectivity index (χ0v) is 10.5. The first-order chi connectivity index (χ1) is 8.71. The minimum absolute atomic E-state index is 0.0332. The largest absolute Gasteiger partial charge is 0.497 e. The first-order valence-corrected chi connectivity index (χ1v) is 5.11. The van der Waals surface area contributed by atoms with Crippen molar-refractivity contribution in [2.45, 2.75) is 0 Å². The van der Waals surface area contributed by atoms with E-state index >= 15 is 0 Å². The van der Waals surface area contributed by atoms with Crippen molar-refractivity contribution in [2.75, 3.05) is 28.0 Å². The number of hydrogen-bond donors (Lipinski definition) is 0. The highest BCUT2D eigenvalue weighted by molar-refractivity contribution is 5.54. The summed E-state index contributed by atoms with van der Waals surface area (Å²) in [5.41, 5.74) is 0.552. The maximum absolute atomic E-state index is 10.00. The molecule has 0 bridgehead atoms. The number of carbonyl (C=O) groups excluding carboxylic acids is 1. The zero-order valence-electron chi connectivity index (χ0n) is 10.5. The van der Waals surface area contributed by atoms with E-state index in [1.54, 1.807) is 32.4 Å². The third-order valence-electron chi connectivity index (χ3n) is 2.02. The Kier molecular flexibility index (Phi) is 5.43. The minimum atomic E-state index is 0.0332. The number of methoxy groups -OCH3 is 2. The van der Waals surface area contributed by atoms with Crippen LogP contribution in [-0.4, -0.2) is 39.5 Å². The molecule has 0 fully saturated rings. The number of rotatable bonds is 7. The van der Waals surface area contributed by atoms with Crippen molar-refractivity contribution in [2.24, 2.45) is 10.3 Å². The van der Waals surface area contributed by atoms with Gasteiger partial charge in [-0.3, -0.25) is 4.79 Å². The highest BCUT2D eigenvalue weighted by atomic mass is 16.5. The van der Waals surface area contributed by atoms with Crippen molar-refractivity contribution in [1.29, 1.82) is 0 Å². The molecule has 0 saturated carbocycles. The molecule has 7 nitrogen and oxygen atoms in total. The molecule has 0 aliphatic heterocycles. The Hall–Kier alpha value is -2.31. The Bertz CT molecular complexity index is 423. The predicted octanol–water partition coefficient (Wildman–Crippen LogP) is 1.76. The van der Waals surface area contributed by atoms with Crippen LogP contribution in [0.5, 0.6) is 11.5 Å². The summed E-state index contributed by atoms with van der Waals surface area (Å²) >= 11 is 0. The number of ether oxygens (including phenoxy) is 3. The van der Waals surface area contributed by atoms with Gasteiger partial charge < -0.3 is 14.2 Å². The molecule has 1 aromatic rings. The van der Waals surface area contributed by atoms with Crippen LogP contribution in [0.25, 0.3) is 0 Å². The molecular weight excluding hydrogens is 238 g/mol. The van der Waals surface area contributed by atoms with Gasteiger partial charge in [0, 0.05) is 13.1 Å². The van der Waals surface area contributed by atoms with Gasteiger partial charge in [0.25, 0.3) is 6.47 Å².